The molecule has 1 fully saturated rings. The summed E-state index contributed by atoms with van der Waals surface area (Å²) in [6, 6.07) is 1.29. The first-order chi connectivity index (χ1) is 6.72. The Morgan fingerprint density at radius 3 is 3.07 bits per heavy atom. The van der Waals surface area contributed by atoms with Gasteiger partial charge >= 0.3 is 0 Å². The van der Waals surface area contributed by atoms with Crippen molar-refractivity contribution < 1.29 is 4.79 Å². The fourth-order valence-corrected chi connectivity index (χ4v) is 1.77. The van der Waals surface area contributed by atoms with Crippen molar-refractivity contribution in [3.63, 3.8) is 0 Å². The number of likely N-dealkylation sites (tertiary alicyclic amines) is 1. The lowest BCUT2D eigenvalue weighted by Gasteiger charge is -2.17. The molecule has 1 heterocycles. The maximum atomic E-state index is 11.3. The lowest BCUT2D eigenvalue weighted by molar-refractivity contribution is -0.128. The number of rotatable bonds is 2. The highest BCUT2D eigenvalue weighted by Crippen LogP contribution is 2.20. The summed E-state index contributed by atoms with van der Waals surface area (Å²) >= 11 is 3.04. The highest BCUT2D eigenvalue weighted by atomic mass is 79.9. The summed E-state index contributed by atoms with van der Waals surface area (Å²) in [5, 5.41) is 12.5. The third kappa shape index (κ3) is 2.16. The van der Waals surface area contributed by atoms with Gasteiger partial charge in [0.15, 0.2) is 0 Å². The molecule has 0 aromatic carbocycles. The van der Waals surface area contributed by atoms with Crippen LogP contribution in [0.25, 0.3) is 10.4 Å². The topological polar surface area (TPSA) is 92.9 Å². The van der Waals surface area contributed by atoms with Gasteiger partial charge in [0.1, 0.15) is 6.04 Å². The molecule has 1 rings (SSSR count). The number of carbonyl (C=O) groups excluding carboxylic acids is 1. The summed E-state index contributed by atoms with van der Waals surface area (Å²) in [6.45, 7) is 0.340. The minimum atomic E-state index is -0.462. The zero-order valence-electron chi connectivity index (χ0n) is 7.30. The van der Waals surface area contributed by atoms with Crippen LogP contribution in [-0.4, -0.2) is 34.8 Å². The second kappa shape index (κ2) is 4.84. The lowest BCUT2D eigenvalue weighted by Crippen LogP contribution is -2.35. The number of hydrogen-bond acceptors (Lipinski definition) is 3. The van der Waals surface area contributed by atoms with Crippen molar-refractivity contribution in [1.29, 1.82) is 5.26 Å². The van der Waals surface area contributed by atoms with Crippen LogP contribution in [0, 0.1) is 11.3 Å². The lowest BCUT2D eigenvalue weighted by atomic mass is 10.2. The number of nitrogens with zero attached hydrogens (tertiary/aromatic N) is 5. The van der Waals surface area contributed by atoms with E-state index in [0.29, 0.717) is 13.0 Å². The molecule has 6 nitrogen and oxygen atoms in total. The molecule has 0 N–H and O–H groups in total. The van der Waals surface area contributed by atoms with Crippen LogP contribution in [0.4, 0.5) is 0 Å². The first-order valence-corrected chi connectivity index (χ1v) is 5.14. The molecule has 1 aliphatic heterocycles. The van der Waals surface area contributed by atoms with Gasteiger partial charge in [-0.3, -0.25) is 4.79 Å². The smallest absolute Gasteiger partial charge is 0.234 e. The number of azide groups is 1. The van der Waals surface area contributed by atoms with E-state index in [1.807, 2.05) is 6.07 Å². The summed E-state index contributed by atoms with van der Waals surface area (Å²) in [5.74, 6) is -0.146. The average molecular weight is 258 g/mol. The molecule has 14 heavy (non-hydrogen) atoms. The Morgan fingerprint density at radius 2 is 2.57 bits per heavy atom. The van der Waals surface area contributed by atoms with Gasteiger partial charge in [-0.15, -0.1) is 0 Å². The van der Waals surface area contributed by atoms with Gasteiger partial charge in [0.25, 0.3) is 0 Å². The summed E-state index contributed by atoms with van der Waals surface area (Å²) in [7, 11) is 0. The molecule has 0 aliphatic carbocycles. The van der Waals surface area contributed by atoms with Gasteiger partial charge in [0.05, 0.1) is 17.4 Å². The van der Waals surface area contributed by atoms with Crippen LogP contribution in [-0.2, 0) is 4.79 Å². The zero-order chi connectivity index (χ0) is 10.6. The van der Waals surface area contributed by atoms with E-state index in [0.717, 1.165) is 0 Å². The van der Waals surface area contributed by atoms with Crippen LogP contribution in [0.1, 0.15) is 6.42 Å². The third-order valence-corrected chi connectivity index (χ3v) is 2.56. The molecule has 2 atom stereocenters. The SMILES string of the molecule is N#C[C@@H]1C[C@H](N=[N+]=[N-])CN1C(=O)CBr. The minimum Gasteiger partial charge on any atom is -0.326 e. The largest absolute Gasteiger partial charge is 0.326 e. The van der Waals surface area contributed by atoms with E-state index in [-0.39, 0.29) is 17.3 Å². The highest BCUT2D eigenvalue weighted by molar-refractivity contribution is 9.09. The molecule has 1 amide bonds. The minimum absolute atomic E-state index is 0.146. The van der Waals surface area contributed by atoms with Crippen molar-refractivity contribution in [3.05, 3.63) is 10.4 Å². The predicted octanol–water partition coefficient (Wildman–Crippen LogP) is 1.18. The van der Waals surface area contributed by atoms with E-state index >= 15 is 0 Å². The summed E-state index contributed by atoms with van der Waals surface area (Å²) < 4.78 is 0. The Labute approximate surface area is 89.2 Å². The summed E-state index contributed by atoms with van der Waals surface area (Å²) in [5.41, 5.74) is 8.23. The fourth-order valence-electron chi connectivity index (χ4n) is 1.45. The van der Waals surface area contributed by atoms with Crippen LogP contribution >= 0.6 is 15.9 Å². The molecule has 0 unspecified atom stereocenters. The Morgan fingerprint density at radius 1 is 1.86 bits per heavy atom. The molecule has 0 radical (unpaired) electrons. The Bertz CT molecular complexity index is 319. The number of hydrogen-bond donors (Lipinski definition) is 0. The molecule has 7 heteroatoms. The van der Waals surface area contributed by atoms with Gasteiger partial charge in [-0.05, 0) is 12.0 Å². The highest BCUT2D eigenvalue weighted by Gasteiger charge is 2.34. The van der Waals surface area contributed by atoms with Gasteiger partial charge in [0, 0.05) is 11.5 Å². The summed E-state index contributed by atoms with van der Waals surface area (Å²) in [4.78, 5) is 15.4. The van der Waals surface area contributed by atoms with Crippen LogP contribution in [0.2, 0.25) is 0 Å². The second-order valence-corrected chi connectivity index (χ2v) is 3.48. The van der Waals surface area contributed by atoms with Gasteiger partial charge in [0.2, 0.25) is 5.91 Å². The van der Waals surface area contributed by atoms with Crippen LogP contribution in [0.5, 0.6) is 0 Å². The van der Waals surface area contributed by atoms with Gasteiger partial charge in [-0.25, -0.2) is 0 Å². The van der Waals surface area contributed by atoms with Crippen molar-refractivity contribution >= 4 is 21.8 Å². The molecule has 0 aromatic rings. The first kappa shape index (κ1) is 10.8. The first-order valence-electron chi connectivity index (χ1n) is 4.02. The maximum absolute atomic E-state index is 11.3. The predicted molar refractivity (Wildman–Crippen MR) is 52.5 cm³/mol. The Kier molecular flexibility index (Phi) is 3.74. The van der Waals surface area contributed by atoms with Crippen molar-refractivity contribution in [2.24, 2.45) is 5.11 Å². The van der Waals surface area contributed by atoms with E-state index in [4.69, 9.17) is 10.8 Å². The van der Waals surface area contributed by atoms with Gasteiger partial charge in [-0.1, -0.05) is 21.0 Å². The third-order valence-electron chi connectivity index (χ3n) is 2.08. The van der Waals surface area contributed by atoms with Crippen molar-refractivity contribution in [2.75, 3.05) is 11.9 Å². The van der Waals surface area contributed by atoms with E-state index in [1.54, 1.807) is 0 Å². The van der Waals surface area contributed by atoms with E-state index in [9.17, 15) is 4.79 Å². The van der Waals surface area contributed by atoms with Crippen molar-refractivity contribution in [1.82, 2.24) is 4.90 Å². The van der Waals surface area contributed by atoms with Crippen LogP contribution < -0.4 is 0 Å². The Balaban J connectivity index is 2.73. The number of carbonyl (C=O) groups is 1. The number of nitriles is 1. The molecule has 0 spiro atoms. The molecule has 74 valence electrons. The van der Waals surface area contributed by atoms with Crippen molar-refractivity contribution in [3.8, 4) is 6.07 Å². The monoisotopic (exact) mass is 257 g/mol. The second-order valence-electron chi connectivity index (χ2n) is 2.92. The quantitative estimate of drug-likeness (QED) is 0.322. The molecule has 0 bridgehead atoms. The maximum Gasteiger partial charge on any atom is 0.234 e. The molecular weight excluding hydrogens is 250 g/mol. The zero-order valence-corrected chi connectivity index (χ0v) is 8.88. The van der Waals surface area contributed by atoms with E-state index in [2.05, 4.69) is 26.0 Å². The summed E-state index contributed by atoms with van der Waals surface area (Å²) in [6.07, 6.45) is 0.430. The van der Waals surface area contributed by atoms with Gasteiger partial charge < -0.3 is 4.90 Å². The molecule has 1 saturated heterocycles. The normalized spacial score (nSPS) is 25.3. The molecule has 1 aliphatic rings. The van der Waals surface area contributed by atoms with E-state index in [1.165, 1.54) is 4.90 Å². The standard InChI is InChI=1S/C7H8BrN5O/c8-2-7(14)13-4-5(11-12-10)1-6(13)3-9/h5-6H,1-2,4H2/t5-,6-/m0/s1. The number of alkyl halides is 1. The van der Waals surface area contributed by atoms with Crippen LogP contribution in [0.15, 0.2) is 5.11 Å². The molecular formula is C7H8BrN5O. The fraction of sp³-hybridized carbons (Fsp3) is 0.714. The Hall–Kier alpha value is -1.25. The average Bonchev–Trinajstić information content (AvgIpc) is 2.60. The number of amides is 1. The van der Waals surface area contributed by atoms with Gasteiger partial charge in [-0.2, -0.15) is 5.26 Å². The van der Waals surface area contributed by atoms with E-state index < -0.39 is 6.04 Å². The number of halogens is 1. The molecule has 0 saturated carbocycles. The molecule has 0 aromatic heterocycles. The van der Waals surface area contributed by atoms with Crippen LogP contribution in [0.3, 0.4) is 0 Å². The van der Waals surface area contributed by atoms with Crippen molar-refractivity contribution in [2.45, 2.75) is 18.5 Å².